The molecule has 2 atom stereocenters. The van der Waals surface area contributed by atoms with Crippen molar-refractivity contribution in [3.63, 3.8) is 0 Å². The van der Waals surface area contributed by atoms with E-state index in [0.29, 0.717) is 11.8 Å². The average Bonchev–Trinajstić information content (AvgIpc) is 2.62. The number of halogens is 2. The van der Waals surface area contributed by atoms with Crippen molar-refractivity contribution in [1.82, 2.24) is 5.32 Å². The Hall–Kier alpha value is -0.960. The van der Waals surface area contributed by atoms with E-state index in [4.69, 9.17) is 0 Å². The SMILES string of the molecule is CCC1(c2cc(F)cc(F)c2)C2CNCC21. The third kappa shape index (κ3) is 1.18. The van der Waals surface area contributed by atoms with Crippen LogP contribution in [0.2, 0.25) is 0 Å². The molecule has 0 spiro atoms. The minimum Gasteiger partial charge on any atom is -0.316 e. The van der Waals surface area contributed by atoms with E-state index in [1.807, 2.05) is 0 Å². The van der Waals surface area contributed by atoms with Gasteiger partial charge in [-0.3, -0.25) is 0 Å². The van der Waals surface area contributed by atoms with E-state index >= 15 is 0 Å². The van der Waals surface area contributed by atoms with Crippen LogP contribution in [0.3, 0.4) is 0 Å². The molecule has 1 saturated carbocycles. The first-order chi connectivity index (χ1) is 7.68. The van der Waals surface area contributed by atoms with Crippen LogP contribution in [-0.4, -0.2) is 13.1 Å². The van der Waals surface area contributed by atoms with Gasteiger partial charge in [0.1, 0.15) is 11.6 Å². The van der Waals surface area contributed by atoms with Crippen LogP contribution in [0.4, 0.5) is 8.78 Å². The van der Waals surface area contributed by atoms with E-state index in [1.54, 1.807) is 0 Å². The number of piperidine rings is 1. The van der Waals surface area contributed by atoms with Crippen molar-refractivity contribution in [2.75, 3.05) is 13.1 Å². The summed E-state index contributed by atoms with van der Waals surface area (Å²) in [7, 11) is 0. The molecule has 1 aliphatic heterocycles. The van der Waals surface area contributed by atoms with Crippen LogP contribution in [0.25, 0.3) is 0 Å². The van der Waals surface area contributed by atoms with Crippen molar-refractivity contribution >= 4 is 0 Å². The molecule has 1 heterocycles. The molecule has 1 aliphatic carbocycles. The minimum atomic E-state index is -0.458. The third-order valence-electron chi connectivity index (χ3n) is 4.41. The Kier molecular flexibility index (Phi) is 2.08. The Morgan fingerprint density at radius 2 is 1.75 bits per heavy atom. The summed E-state index contributed by atoms with van der Waals surface area (Å²) in [5, 5.41) is 3.32. The zero-order valence-corrected chi connectivity index (χ0v) is 9.26. The molecule has 2 aliphatic rings. The molecule has 1 nitrogen and oxygen atoms in total. The third-order valence-corrected chi connectivity index (χ3v) is 4.41. The van der Waals surface area contributed by atoms with Gasteiger partial charge in [-0.05, 0) is 49.0 Å². The van der Waals surface area contributed by atoms with Gasteiger partial charge >= 0.3 is 0 Å². The highest BCUT2D eigenvalue weighted by Gasteiger charge is 2.65. The van der Waals surface area contributed by atoms with Crippen molar-refractivity contribution in [1.29, 1.82) is 0 Å². The predicted octanol–water partition coefficient (Wildman–Crippen LogP) is 2.46. The first kappa shape index (κ1) is 10.2. The summed E-state index contributed by atoms with van der Waals surface area (Å²) < 4.78 is 26.5. The fourth-order valence-corrected chi connectivity index (χ4v) is 3.63. The van der Waals surface area contributed by atoms with Gasteiger partial charge in [-0.25, -0.2) is 8.78 Å². The van der Waals surface area contributed by atoms with Crippen molar-refractivity contribution in [3.05, 3.63) is 35.4 Å². The lowest BCUT2D eigenvalue weighted by Crippen LogP contribution is -2.25. The van der Waals surface area contributed by atoms with Gasteiger partial charge in [0.2, 0.25) is 0 Å². The summed E-state index contributed by atoms with van der Waals surface area (Å²) in [4.78, 5) is 0. The fourth-order valence-electron chi connectivity index (χ4n) is 3.63. The van der Waals surface area contributed by atoms with Gasteiger partial charge in [0.15, 0.2) is 0 Å². The van der Waals surface area contributed by atoms with Gasteiger partial charge in [0.25, 0.3) is 0 Å². The molecule has 1 aromatic rings. The maximum atomic E-state index is 13.2. The molecular formula is C13H15F2N. The maximum absolute atomic E-state index is 13.2. The Labute approximate surface area is 93.9 Å². The maximum Gasteiger partial charge on any atom is 0.126 e. The van der Waals surface area contributed by atoms with E-state index in [-0.39, 0.29) is 5.41 Å². The first-order valence-corrected chi connectivity index (χ1v) is 5.85. The number of rotatable bonds is 2. The number of fused-ring (bicyclic) bond motifs is 1. The number of benzene rings is 1. The molecular weight excluding hydrogens is 208 g/mol. The highest BCUT2D eigenvalue weighted by Crippen LogP contribution is 2.63. The standard InChI is InChI=1S/C13H15F2N/c1-2-13(11-6-16-7-12(11)13)8-3-9(14)5-10(15)4-8/h3-5,11-12,16H,2,6-7H2,1H3. The molecule has 1 aromatic carbocycles. The molecule has 0 aromatic heterocycles. The quantitative estimate of drug-likeness (QED) is 0.812. The van der Waals surface area contributed by atoms with Crippen LogP contribution in [0.15, 0.2) is 18.2 Å². The lowest BCUT2D eigenvalue weighted by molar-refractivity contribution is 0.491. The Morgan fingerprint density at radius 1 is 1.19 bits per heavy atom. The Morgan fingerprint density at radius 3 is 2.25 bits per heavy atom. The lowest BCUT2D eigenvalue weighted by Gasteiger charge is -2.20. The molecule has 0 radical (unpaired) electrons. The predicted molar refractivity (Wildman–Crippen MR) is 58.2 cm³/mol. The van der Waals surface area contributed by atoms with E-state index in [1.165, 1.54) is 12.1 Å². The lowest BCUT2D eigenvalue weighted by atomic mass is 9.87. The molecule has 86 valence electrons. The molecule has 2 fully saturated rings. The van der Waals surface area contributed by atoms with Crippen molar-refractivity contribution in [2.24, 2.45) is 11.8 Å². The molecule has 0 bridgehead atoms. The molecule has 1 N–H and O–H groups in total. The fraction of sp³-hybridized carbons (Fsp3) is 0.538. The highest BCUT2D eigenvalue weighted by atomic mass is 19.1. The summed E-state index contributed by atoms with van der Waals surface area (Å²) in [6.45, 7) is 4.08. The smallest absolute Gasteiger partial charge is 0.126 e. The molecule has 16 heavy (non-hydrogen) atoms. The van der Waals surface area contributed by atoms with Gasteiger partial charge in [0.05, 0.1) is 0 Å². The Bertz CT molecular complexity index is 400. The summed E-state index contributed by atoms with van der Waals surface area (Å²) in [6, 6.07) is 3.96. The van der Waals surface area contributed by atoms with Crippen LogP contribution in [0, 0.1) is 23.5 Å². The summed E-state index contributed by atoms with van der Waals surface area (Å²) in [5.74, 6) is 0.221. The average molecular weight is 223 g/mol. The molecule has 3 heteroatoms. The first-order valence-electron chi connectivity index (χ1n) is 5.85. The van der Waals surface area contributed by atoms with Crippen LogP contribution >= 0.6 is 0 Å². The second-order valence-corrected chi connectivity index (χ2v) is 4.92. The van der Waals surface area contributed by atoms with Crippen molar-refractivity contribution in [3.8, 4) is 0 Å². The second-order valence-electron chi connectivity index (χ2n) is 4.92. The van der Waals surface area contributed by atoms with Gasteiger partial charge in [-0.2, -0.15) is 0 Å². The summed E-state index contributed by atoms with van der Waals surface area (Å²) in [6.07, 6.45) is 0.965. The number of nitrogens with one attached hydrogen (secondary N) is 1. The minimum absolute atomic E-state index is 0.0359. The molecule has 0 amide bonds. The van der Waals surface area contributed by atoms with E-state index in [9.17, 15) is 8.78 Å². The Balaban J connectivity index is 2.02. The topological polar surface area (TPSA) is 12.0 Å². The number of hydrogen-bond donors (Lipinski definition) is 1. The van der Waals surface area contributed by atoms with Crippen LogP contribution in [-0.2, 0) is 5.41 Å². The van der Waals surface area contributed by atoms with Gasteiger partial charge in [-0.1, -0.05) is 6.92 Å². The molecule has 3 rings (SSSR count). The second kappa shape index (κ2) is 3.27. The van der Waals surface area contributed by atoms with Crippen LogP contribution in [0.5, 0.6) is 0 Å². The van der Waals surface area contributed by atoms with E-state index in [0.717, 1.165) is 31.1 Å². The van der Waals surface area contributed by atoms with Crippen molar-refractivity contribution in [2.45, 2.75) is 18.8 Å². The van der Waals surface area contributed by atoms with E-state index < -0.39 is 11.6 Å². The summed E-state index contributed by atoms with van der Waals surface area (Å²) in [5.41, 5.74) is 0.887. The molecule has 2 unspecified atom stereocenters. The molecule has 1 saturated heterocycles. The van der Waals surface area contributed by atoms with Gasteiger partial charge < -0.3 is 5.32 Å². The van der Waals surface area contributed by atoms with Gasteiger partial charge in [-0.15, -0.1) is 0 Å². The summed E-state index contributed by atoms with van der Waals surface area (Å²) >= 11 is 0. The zero-order valence-electron chi connectivity index (χ0n) is 9.26. The number of hydrogen-bond acceptors (Lipinski definition) is 1. The normalized spacial score (nSPS) is 36.2. The largest absolute Gasteiger partial charge is 0.316 e. The van der Waals surface area contributed by atoms with E-state index in [2.05, 4.69) is 12.2 Å². The van der Waals surface area contributed by atoms with Crippen LogP contribution < -0.4 is 5.32 Å². The monoisotopic (exact) mass is 223 g/mol. The van der Waals surface area contributed by atoms with Crippen molar-refractivity contribution < 1.29 is 8.78 Å². The highest BCUT2D eigenvalue weighted by molar-refractivity contribution is 5.39. The van der Waals surface area contributed by atoms with Crippen LogP contribution in [0.1, 0.15) is 18.9 Å². The zero-order chi connectivity index (χ0) is 11.3. The van der Waals surface area contributed by atoms with Gasteiger partial charge in [0, 0.05) is 11.5 Å².